The topological polar surface area (TPSA) is 70.7 Å². The zero-order chi connectivity index (χ0) is 18.5. The van der Waals surface area contributed by atoms with Crippen molar-refractivity contribution in [3.8, 4) is 11.1 Å². The van der Waals surface area contributed by atoms with Crippen LogP contribution in [-0.4, -0.2) is 27.3 Å². The minimum atomic E-state index is -0.840. The molecular formula is C20H17FN4OS. The van der Waals surface area contributed by atoms with Gasteiger partial charge in [0.2, 0.25) is 5.91 Å². The molecule has 0 unspecified atom stereocenters. The van der Waals surface area contributed by atoms with Gasteiger partial charge in [-0.25, -0.2) is 9.37 Å². The molecule has 2 heterocycles. The maximum Gasteiger partial charge on any atom is 0.229 e. The Morgan fingerprint density at radius 2 is 2.15 bits per heavy atom. The highest BCUT2D eigenvalue weighted by molar-refractivity contribution is 7.22. The number of thiazole rings is 1. The van der Waals surface area contributed by atoms with E-state index in [4.69, 9.17) is 0 Å². The maximum absolute atomic E-state index is 13.0. The Morgan fingerprint density at radius 3 is 2.96 bits per heavy atom. The largest absolute Gasteiger partial charge is 0.302 e. The van der Waals surface area contributed by atoms with Gasteiger partial charge in [0.1, 0.15) is 6.17 Å². The van der Waals surface area contributed by atoms with Gasteiger partial charge >= 0.3 is 0 Å². The average molecular weight is 380 g/mol. The Morgan fingerprint density at radius 1 is 1.30 bits per heavy atom. The predicted octanol–water partition coefficient (Wildman–Crippen LogP) is 4.83. The van der Waals surface area contributed by atoms with Crippen molar-refractivity contribution in [2.45, 2.75) is 25.9 Å². The van der Waals surface area contributed by atoms with Gasteiger partial charge < -0.3 is 5.32 Å². The molecule has 0 saturated heterocycles. The molecule has 4 aromatic rings. The van der Waals surface area contributed by atoms with Crippen molar-refractivity contribution in [1.29, 1.82) is 0 Å². The summed E-state index contributed by atoms with van der Waals surface area (Å²) in [5, 5.41) is 11.6. The number of hydrogen-bond acceptors (Lipinski definition) is 4. The standard InChI is InChI=1S/C20H17FN4OS/c1-10-2-4-15-14(9-22-25-15)18(10)11-3-5-16-17(8-11)27-20(23-16)24-19(26)12-6-13(21)7-12/h2-5,8-9,12-13H,6-7H2,1H3,(H,22,25)(H,23,24,26)/t12-,13+. The number of aryl methyl sites for hydroxylation is 1. The molecule has 136 valence electrons. The first-order valence-electron chi connectivity index (χ1n) is 8.87. The van der Waals surface area contributed by atoms with Crippen LogP contribution < -0.4 is 5.32 Å². The molecule has 0 radical (unpaired) electrons. The molecule has 5 rings (SSSR count). The number of nitrogens with one attached hydrogen (secondary N) is 2. The van der Waals surface area contributed by atoms with Crippen molar-refractivity contribution in [2.75, 3.05) is 5.32 Å². The molecule has 1 aliphatic carbocycles. The van der Waals surface area contributed by atoms with Gasteiger partial charge in [0.05, 0.1) is 21.9 Å². The number of aromatic amines is 1. The van der Waals surface area contributed by atoms with E-state index in [0.29, 0.717) is 18.0 Å². The van der Waals surface area contributed by atoms with Crippen molar-refractivity contribution in [2.24, 2.45) is 5.92 Å². The number of benzene rings is 2. The number of rotatable bonds is 3. The molecule has 2 aromatic carbocycles. The lowest BCUT2D eigenvalue weighted by molar-refractivity contribution is -0.124. The molecule has 27 heavy (non-hydrogen) atoms. The number of carbonyl (C=O) groups is 1. The van der Waals surface area contributed by atoms with Crippen molar-refractivity contribution in [1.82, 2.24) is 15.2 Å². The van der Waals surface area contributed by atoms with E-state index < -0.39 is 6.17 Å². The Hall–Kier alpha value is -2.80. The second-order valence-electron chi connectivity index (χ2n) is 7.05. The van der Waals surface area contributed by atoms with Crippen LogP contribution in [0.5, 0.6) is 0 Å². The van der Waals surface area contributed by atoms with Crippen LogP contribution in [0.4, 0.5) is 9.52 Å². The smallest absolute Gasteiger partial charge is 0.229 e. The summed E-state index contributed by atoms with van der Waals surface area (Å²) in [6, 6.07) is 10.2. The molecule has 0 spiro atoms. The van der Waals surface area contributed by atoms with Crippen molar-refractivity contribution in [3.63, 3.8) is 0 Å². The fourth-order valence-electron chi connectivity index (χ4n) is 3.61. The van der Waals surface area contributed by atoms with Crippen LogP contribution in [0.15, 0.2) is 36.5 Å². The number of amides is 1. The highest BCUT2D eigenvalue weighted by Gasteiger charge is 2.34. The monoisotopic (exact) mass is 380 g/mol. The molecular weight excluding hydrogens is 363 g/mol. The zero-order valence-corrected chi connectivity index (χ0v) is 15.4. The number of alkyl halides is 1. The molecule has 2 N–H and O–H groups in total. The number of aromatic nitrogens is 3. The summed E-state index contributed by atoms with van der Waals surface area (Å²) in [6.45, 7) is 2.08. The van der Waals surface area contributed by atoms with Crippen LogP contribution in [0.2, 0.25) is 0 Å². The first-order valence-corrected chi connectivity index (χ1v) is 9.69. The highest BCUT2D eigenvalue weighted by atomic mass is 32.1. The maximum atomic E-state index is 13.0. The second-order valence-corrected chi connectivity index (χ2v) is 8.08. The van der Waals surface area contributed by atoms with E-state index in [-0.39, 0.29) is 11.8 Å². The summed E-state index contributed by atoms with van der Waals surface area (Å²) in [5.74, 6) is -0.369. The van der Waals surface area contributed by atoms with Gasteiger partial charge in [0.15, 0.2) is 5.13 Å². The number of hydrogen-bond donors (Lipinski definition) is 2. The molecule has 1 fully saturated rings. The number of halogens is 1. The van der Waals surface area contributed by atoms with Gasteiger partial charge in [-0.05, 0) is 54.7 Å². The molecule has 0 atom stereocenters. The van der Waals surface area contributed by atoms with E-state index in [1.807, 2.05) is 24.4 Å². The van der Waals surface area contributed by atoms with Crippen molar-refractivity contribution < 1.29 is 9.18 Å². The van der Waals surface area contributed by atoms with Crippen LogP contribution >= 0.6 is 11.3 Å². The summed E-state index contributed by atoms with van der Waals surface area (Å²) >= 11 is 1.44. The predicted molar refractivity (Wildman–Crippen MR) is 106 cm³/mol. The van der Waals surface area contributed by atoms with E-state index >= 15 is 0 Å². The third-order valence-electron chi connectivity index (χ3n) is 5.19. The van der Waals surface area contributed by atoms with E-state index in [1.165, 1.54) is 16.9 Å². The third-order valence-corrected chi connectivity index (χ3v) is 6.12. The summed E-state index contributed by atoms with van der Waals surface area (Å²) in [7, 11) is 0. The summed E-state index contributed by atoms with van der Waals surface area (Å²) in [6.07, 6.45) is 1.63. The van der Waals surface area contributed by atoms with Gasteiger partial charge in [-0.2, -0.15) is 5.10 Å². The minimum absolute atomic E-state index is 0.137. The van der Waals surface area contributed by atoms with Gasteiger partial charge in [-0.1, -0.05) is 23.5 Å². The average Bonchev–Trinajstić information content (AvgIpc) is 3.24. The Labute approximate surface area is 158 Å². The van der Waals surface area contributed by atoms with Gasteiger partial charge in [-0.3, -0.25) is 9.89 Å². The molecule has 0 bridgehead atoms. The number of carbonyl (C=O) groups excluding carboxylic acids is 1. The minimum Gasteiger partial charge on any atom is -0.302 e. The lowest BCUT2D eigenvalue weighted by atomic mass is 9.83. The summed E-state index contributed by atoms with van der Waals surface area (Å²) in [4.78, 5) is 16.6. The SMILES string of the molecule is Cc1ccc2[nH]ncc2c1-c1ccc2nc(NC(=O)[C@H]3C[C@@H](F)C3)sc2c1. The first kappa shape index (κ1) is 16.4. The quantitative estimate of drug-likeness (QED) is 0.534. The third kappa shape index (κ3) is 2.78. The fraction of sp³-hybridized carbons (Fsp3) is 0.250. The molecule has 1 aliphatic rings. The van der Waals surface area contributed by atoms with Crippen molar-refractivity contribution in [3.05, 3.63) is 42.1 Å². The molecule has 1 amide bonds. The summed E-state index contributed by atoms with van der Waals surface area (Å²) < 4.78 is 14.0. The lowest BCUT2D eigenvalue weighted by Crippen LogP contribution is -2.35. The van der Waals surface area contributed by atoms with Crippen LogP contribution in [0.1, 0.15) is 18.4 Å². The molecule has 0 aliphatic heterocycles. The molecule has 2 aromatic heterocycles. The number of anilines is 1. The molecule has 5 nitrogen and oxygen atoms in total. The van der Waals surface area contributed by atoms with E-state index in [9.17, 15) is 9.18 Å². The van der Waals surface area contributed by atoms with Crippen LogP contribution in [0, 0.1) is 12.8 Å². The van der Waals surface area contributed by atoms with E-state index in [0.717, 1.165) is 32.2 Å². The highest BCUT2D eigenvalue weighted by Crippen LogP contribution is 2.36. The Balaban J connectivity index is 1.49. The summed E-state index contributed by atoms with van der Waals surface area (Å²) in [5.41, 5.74) is 5.25. The second kappa shape index (κ2) is 6.13. The Kier molecular flexibility index (Phi) is 3.72. The lowest BCUT2D eigenvalue weighted by Gasteiger charge is -2.27. The molecule has 7 heteroatoms. The van der Waals surface area contributed by atoms with Crippen LogP contribution in [-0.2, 0) is 4.79 Å². The van der Waals surface area contributed by atoms with Crippen molar-refractivity contribution >= 4 is 43.5 Å². The van der Waals surface area contributed by atoms with E-state index in [1.54, 1.807) is 0 Å². The number of fused-ring (bicyclic) bond motifs is 2. The van der Waals surface area contributed by atoms with Crippen LogP contribution in [0.3, 0.4) is 0 Å². The van der Waals surface area contributed by atoms with Gasteiger partial charge in [-0.15, -0.1) is 0 Å². The van der Waals surface area contributed by atoms with Gasteiger partial charge in [0.25, 0.3) is 0 Å². The normalized spacial score (nSPS) is 19.3. The number of H-pyrrole nitrogens is 1. The van der Waals surface area contributed by atoms with Crippen LogP contribution in [0.25, 0.3) is 32.2 Å². The van der Waals surface area contributed by atoms with Gasteiger partial charge in [0, 0.05) is 11.3 Å². The zero-order valence-electron chi connectivity index (χ0n) is 14.6. The first-order chi connectivity index (χ1) is 13.1. The van der Waals surface area contributed by atoms with E-state index in [2.05, 4.69) is 39.6 Å². The molecule has 1 saturated carbocycles. The fourth-order valence-corrected chi connectivity index (χ4v) is 4.52. The Bertz CT molecular complexity index is 1180. The number of nitrogens with zero attached hydrogens (tertiary/aromatic N) is 2.